The second-order valence-corrected chi connectivity index (χ2v) is 6.91. The molecule has 1 aromatic carbocycles. The molecule has 25 heavy (non-hydrogen) atoms. The van der Waals surface area contributed by atoms with Crippen LogP contribution in [0.4, 0.5) is 5.69 Å². The predicted octanol–water partition coefficient (Wildman–Crippen LogP) is 0.210. The molecule has 0 radical (unpaired) electrons. The first-order chi connectivity index (χ1) is 11.6. The highest BCUT2D eigenvalue weighted by atomic mass is 32.2. The van der Waals surface area contributed by atoms with Crippen molar-refractivity contribution in [2.24, 2.45) is 14.1 Å². The molecule has 1 aromatic heterocycles. The lowest BCUT2D eigenvalue weighted by Crippen LogP contribution is -2.42. The van der Waals surface area contributed by atoms with Crippen molar-refractivity contribution in [3.8, 4) is 11.5 Å². The standard InChI is InChI=1S/C15H19N3O6S/c1-9-13(14(19)18(3)15(20)17(9)2)25(21,22)16-11-8-10(23-4)6-7-12(11)24-5/h6-8,16H,1-5H3. The van der Waals surface area contributed by atoms with Crippen molar-refractivity contribution in [3.63, 3.8) is 0 Å². The molecule has 10 heteroatoms. The van der Waals surface area contributed by atoms with Crippen molar-refractivity contribution >= 4 is 15.7 Å². The number of rotatable bonds is 5. The Bertz CT molecular complexity index is 1040. The van der Waals surface area contributed by atoms with E-state index in [1.165, 1.54) is 47.4 Å². The van der Waals surface area contributed by atoms with Gasteiger partial charge in [-0.2, -0.15) is 0 Å². The van der Waals surface area contributed by atoms with E-state index >= 15 is 0 Å². The van der Waals surface area contributed by atoms with E-state index < -0.39 is 26.2 Å². The quantitative estimate of drug-likeness (QED) is 0.807. The Morgan fingerprint density at radius 3 is 2.24 bits per heavy atom. The number of benzene rings is 1. The van der Waals surface area contributed by atoms with E-state index in [1.807, 2.05) is 0 Å². The minimum Gasteiger partial charge on any atom is -0.497 e. The van der Waals surface area contributed by atoms with Crippen molar-refractivity contribution in [3.05, 3.63) is 44.7 Å². The Labute approximate surface area is 144 Å². The Kier molecular flexibility index (Phi) is 4.93. The monoisotopic (exact) mass is 369 g/mol. The van der Waals surface area contributed by atoms with Crippen LogP contribution in [0.2, 0.25) is 0 Å². The maximum Gasteiger partial charge on any atom is 0.330 e. The lowest BCUT2D eigenvalue weighted by molar-refractivity contribution is 0.405. The normalized spacial score (nSPS) is 11.2. The molecule has 2 aromatic rings. The molecule has 136 valence electrons. The number of anilines is 1. The van der Waals surface area contributed by atoms with Gasteiger partial charge in [-0.25, -0.2) is 13.2 Å². The van der Waals surface area contributed by atoms with Gasteiger partial charge in [0.2, 0.25) is 0 Å². The average molecular weight is 369 g/mol. The van der Waals surface area contributed by atoms with Gasteiger partial charge in [0.25, 0.3) is 15.6 Å². The molecule has 2 rings (SSSR count). The average Bonchev–Trinajstić information content (AvgIpc) is 2.57. The fraction of sp³-hybridized carbons (Fsp3) is 0.333. The molecule has 1 heterocycles. The molecule has 0 unspecified atom stereocenters. The molecule has 0 bridgehead atoms. The molecular formula is C15H19N3O6S. The van der Waals surface area contributed by atoms with Crippen molar-refractivity contribution in [2.75, 3.05) is 18.9 Å². The fourth-order valence-corrected chi connectivity index (χ4v) is 3.76. The smallest absolute Gasteiger partial charge is 0.330 e. The first-order valence-electron chi connectivity index (χ1n) is 7.15. The third-order valence-corrected chi connectivity index (χ3v) is 5.32. The molecule has 9 nitrogen and oxygen atoms in total. The third-order valence-electron chi connectivity index (χ3n) is 3.82. The second kappa shape index (κ2) is 6.63. The maximum absolute atomic E-state index is 12.8. The summed E-state index contributed by atoms with van der Waals surface area (Å²) in [5, 5.41) is 0. The summed E-state index contributed by atoms with van der Waals surface area (Å²) in [4.78, 5) is 23.7. The van der Waals surface area contributed by atoms with Gasteiger partial charge in [-0.05, 0) is 19.1 Å². The van der Waals surface area contributed by atoms with Crippen LogP contribution in [0, 0.1) is 6.92 Å². The van der Waals surface area contributed by atoms with Gasteiger partial charge < -0.3 is 9.47 Å². The molecule has 0 aliphatic carbocycles. The highest BCUT2D eigenvalue weighted by Crippen LogP contribution is 2.30. The van der Waals surface area contributed by atoms with E-state index in [4.69, 9.17) is 9.47 Å². The SMILES string of the molecule is COc1ccc(OC)c(NS(=O)(=O)c2c(C)n(C)c(=O)n(C)c2=O)c1. The van der Waals surface area contributed by atoms with E-state index in [-0.39, 0.29) is 17.1 Å². The van der Waals surface area contributed by atoms with Gasteiger partial charge in [-0.3, -0.25) is 18.7 Å². The summed E-state index contributed by atoms with van der Waals surface area (Å²) in [7, 11) is 1.16. The first kappa shape index (κ1) is 18.6. The van der Waals surface area contributed by atoms with Gasteiger partial charge in [0.1, 0.15) is 11.5 Å². The predicted molar refractivity (Wildman–Crippen MR) is 92.0 cm³/mol. The number of methoxy groups -OCH3 is 2. The van der Waals surface area contributed by atoms with Crippen molar-refractivity contribution < 1.29 is 17.9 Å². The van der Waals surface area contributed by atoms with E-state index in [0.29, 0.717) is 5.75 Å². The third kappa shape index (κ3) is 3.25. The summed E-state index contributed by atoms with van der Waals surface area (Å²) in [5.74, 6) is 0.659. The fourth-order valence-electron chi connectivity index (χ4n) is 2.31. The van der Waals surface area contributed by atoms with Crippen molar-refractivity contribution in [2.45, 2.75) is 11.8 Å². The molecule has 0 saturated carbocycles. The van der Waals surface area contributed by atoms with Crippen LogP contribution in [-0.4, -0.2) is 31.8 Å². The van der Waals surface area contributed by atoms with Gasteiger partial charge >= 0.3 is 5.69 Å². The van der Waals surface area contributed by atoms with Crippen LogP contribution in [0.25, 0.3) is 0 Å². The number of hydrogen-bond donors (Lipinski definition) is 1. The largest absolute Gasteiger partial charge is 0.497 e. The molecule has 0 saturated heterocycles. The zero-order valence-electron chi connectivity index (χ0n) is 14.5. The molecule has 0 aliphatic rings. The second-order valence-electron chi connectivity index (χ2n) is 5.29. The van der Waals surface area contributed by atoms with Crippen LogP contribution in [0.15, 0.2) is 32.7 Å². The zero-order valence-corrected chi connectivity index (χ0v) is 15.3. The van der Waals surface area contributed by atoms with E-state index in [1.54, 1.807) is 6.07 Å². The molecule has 0 amide bonds. The molecule has 0 spiro atoms. The molecule has 0 atom stereocenters. The molecule has 0 fully saturated rings. The van der Waals surface area contributed by atoms with Gasteiger partial charge in [0, 0.05) is 25.9 Å². The Hall–Kier alpha value is -2.75. The summed E-state index contributed by atoms with van der Waals surface area (Å²) in [6, 6.07) is 4.56. The lowest BCUT2D eigenvalue weighted by Gasteiger charge is -2.15. The van der Waals surface area contributed by atoms with Crippen LogP contribution >= 0.6 is 0 Å². The van der Waals surface area contributed by atoms with Crippen molar-refractivity contribution in [1.29, 1.82) is 0 Å². The highest BCUT2D eigenvalue weighted by molar-refractivity contribution is 7.92. The van der Waals surface area contributed by atoms with E-state index in [0.717, 1.165) is 9.13 Å². The number of nitrogens with zero attached hydrogens (tertiary/aromatic N) is 2. The minimum atomic E-state index is -4.27. The van der Waals surface area contributed by atoms with Gasteiger partial charge in [0.05, 0.1) is 19.9 Å². The first-order valence-corrected chi connectivity index (χ1v) is 8.63. The number of nitrogens with one attached hydrogen (secondary N) is 1. The zero-order chi connectivity index (χ0) is 18.9. The molecule has 1 N–H and O–H groups in total. The minimum absolute atomic E-state index is 0.0301. The van der Waals surface area contributed by atoms with Crippen LogP contribution in [0.3, 0.4) is 0 Å². The van der Waals surface area contributed by atoms with Crippen LogP contribution in [0.1, 0.15) is 5.69 Å². The van der Waals surface area contributed by atoms with Crippen LogP contribution in [-0.2, 0) is 24.1 Å². The van der Waals surface area contributed by atoms with E-state index in [2.05, 4.69) is 4.72 Å². The topological polar surface area (TPSA) is 109 Å². The number of sulfonamides is 1. The molecule has 0 aliphatic heterocycles. The lowest BCUT2D eigenvalue weighted by atomic mass is 10.3. The Morgan fingerprint density at radius 1 is 1.04 bits per heavy atom. The Morgan fingerprint density at radius 2 is 1.68 bits per heavy atom. The highest BCUT2D eigenvalue weighted by Gasteiger charge is 2.26. The summed E-state index contributed by atoms with van der Waals surface area (Å²) in [6.07, 6.45) is 0. The summed E-state index contributed by atoms with van der Waals surface area (Å²) in [6.45, 7) is 1.39. The number of hydrogen-bond acceptors (Lipinski definition) is 6. The van der Waals surface area contributed by atoms with Crippen LogP contribution < -0.4 is 25.4 Å². The maximum atomic E-state index is 12.8. The number of aromatic nitrogens is 2. The number of ether oxygens (including phenoxy) is 2. The Balaban J connectivity index is 2.67. The van der Waals surface area contributed by atoms with Gasteiger partial charge in [0.15, 0.2) is 4.90 Å². The van der Waals surface area contributed by atoms with E-state index in [9.17, 15) is 18.0 Å². The van der Waals surface area contributed by atoms with Crippen LogP contribution in [0.5, 0.6) is 11.5 Å². The molecular weight excluding hydrogens is 350 g/mol. The summed E-state index contributed by atoms with van der Waals surface area (Å²) < 4.78 is 39.9. The van der Waals surface area contributed by atoms with Gasteiger partial charge in [-0.1, -0.05) is 0 Å². The summed E-state index contributed by atoms with van der Waals surface area (Å²) >= 11 is 0. The van der Waals surface area contributed by atoms with Gasteiger partial charge in [-0.15, -0.1) is 0 Å². The van der Waals surface area contributed by atoms with Crippen molar-refractivity contribution in [1.82, 2.24) is 9.13 Å². The summed E-state index contributed by atoms with van der Waals surface area (Å²) in [5.41, 5.74) is -1.38.